The van der Waals surface area contributed by atoms with Crippen molar-refractivity contribution < 1.29 is 14.9 Å². The maximum Gasteiger partial charge on any atom is 0.0851 e. The zero-order valence-electron chi connectivity index (χ0n) is 8.44. The van der Waals surface area contributed by atoms with E-state index in [1.165, 1.54) is 0 Å². The summed E-state index contributed by atoms with van der Waals surface area (Å²) in [6.07, 6.45) is 0.712. The number of aliphatic hydroxyl groups is 2. The molecule has 0 aromatic carbocycles. The molecule has 1 rings (SSSR count). The Morgan fingerprint density at radius 2 is 2.00 bits per heavy atom. The quantitative estimate of drug-likeness (QED) is 0.688. The highest BCUT2D eigenvalue weighted by Gasteiger charge is 2.29. The molecule has 1 heterocycles. The first-order chi connectivity index (χ1) is 6.13. The predicted octanol–water partition coefficient (Wildman–Crippen LogP) is 0.791. The van der Waals surface area contributed by atoms with Crippen LogP contribution in [0.2, 0.25) is 0 Å². The largest absolute Gasteiger partial charge is 0.390 e. The molecule has 0 spiro atoms. The van der Waals surface area contributed by atoms with E-state index < -0.39 is 12.2 Å². The van der Waals surface area contributed by atoms with Crippen molar-refractivity contribution in [3.63, 3.8) is 0 Å². The smallest absolute Gasteiger partial charge is 0.0851 e. The van der Waals surface area contributed by atoms with Crippen molar-refractivity contribution >= 4 is 0 Å². The second-order valence-corrected chi connectivity index (χ2v) is 4.20. The van der Waals surface area contributed by atoms with Gasteiger partial charge in [-0.3, -0.25) is 0 Å². The topological polar surface area (TPSA) is 49.7 Å². The molecule has 3 unspecified atom stereocenters. The zero-order valence-corrected chi connectivity index (χ0v) is 8.44. The normalized spacial score (nSPS) is 28.8. The lowest BCUT2D eigenvalue weighted by atomic mass is 9.88. The minimum atomic E-state index is -0.625. The summed E-state index contributed by atoms with van der Waals surface area (Å²) in [6.45, 7) is 5.21. The van der Waals surface area contributed by atoms with Crippen molar-refractivity contribution in [1.82, 2.24) is 0 Å². The van der Waals surface area contributed by atoms with Gasteiger partial charge in [0.05, 0.1) is 18.8 Å². The first-order valence-electron chi connectivity index (χ1n) is 5.06. The lowest BCUT2D eigenvalue weighted by Gasteiger charge is -2.31. The Morgan fingerprint density at radius 3 is 2.46 bits per heavy atom. The summed E-state index contributed by atoms with van der Waals surface area (Å²) >= 11 is 0. The second kappa shape index (κ2) is 4.94. The molecule has 0 amide bonds. The molecule has 13 heavy (non-hydrogen) atoms. The highest BCUT2D eigenvalue weighted by molar-refractivity contribution is 4.79. The Hall–Kier alpha value is -0.120. The van der Waals surface area contributed by atoms with Crippen molar-refractivity contribution in [2.45, 2.75) is 38.9 Å². The van der Waals surface area contributed by atoms with E-state index in [0.717, 1.165) is 19.4 Å². The molecule has 1 aliphatic heterocycles. The number of hydrogen-bond donors (Lipinski definition) is 2. The van der Waals surface area contributed by atoms with E-state index >= 15 is 0 Å². The Bertz CT molecular complexity index is 141. The average Bonchev–Trinajstić information content (AvgIpc) is 2.17. The van der Waals surface area contributed by atoms with Crippen LogP contribution in [0, 0.1) is 11.8 Å². The predicted molar refractivity (Wildman–Crippen MR) is 50.4 cm³/mol. The number of hydrogen-bond acceptors (Lipinski definition) is 3. The highest BCUT2D eigenvalue weighted by Crippen LogP contribution is 2.22. The molecule has 0 aromatic heterocycles. The Kier molecular flexibility index (Phi) is 4.16. The Morgan fingerprint density at radius 1 is 1.31 bits per heavy atom. The molecule has 3 nitrogen and oxygen atoms in total. The van der Waals surface area contributed by atoms with Gasteiger partial charge in [0.2, 0.25) is 0 Å². The van der Waals surface area contributed by atoms with Crippen LogP contribution in [-0.4, -0.2) is 35.6 Å². The lowest BCUT2D eigenvalue weighted by Crippen LogP contribution is -2.40. The van der Waals surface area contributed by atoms with E-state index in [0.29, 0.717) is 6.61 Å². The standard InChI is InChI=1S/C10H20O3/c1-7(2)9(11)10(12)8-4-3-5-13-6-8/h7-12H,3-6H2,1-2H3. The Labute approximate surface area is 79.7 Å². The third-order valence-electron chi connectivity index (χ3n) is 2.71. The lowest BCUT2D eigenvalue weighted by molar-refractivity contribution is -0.0786. The van der Waals surface area contributed by atoms with E-state index in [4.69, 9.17) is 4.74 Å². The molecule has 0 radical (unpaired) electrons. The fourth-order valence-electron chi connectivity index (χ4n) is 1.71. The summed E-state index contributed by atoms with van der Waals surface area (Å²) in [7, 11) is 0. The molecule has 0 aliphatic carbocycles. The molecule has 1 fully saturated rings. The van der Waals surface area contributed by atoms with E-state index in [2.05, 4.69) is 0 Å². The van der Waals surface area contributed by atoms with Crippen LogP contribution in [-0.2, 0) is 4.74 Å². The van der Waals surface area contributed by atoms with Gasteiger partial charge in [-0.05, 0) is 18.8 Å². The molecule has 3 heteroatoms. The number of aliphatic hydroxyl groups excluding tert-OH is 2. The molecule has 1 saturated heterocycles. The molecule has 0 aromatic rings. The maximum atomic E-state index is 9.78. The fraction of sp³-hybridized carbons (Fsp3) is 1.00. The van der Waals surface area contributed by atoms with Crippen molar-refractivity contribution in [3.8, 4) is 0 Å². The number of ether oxygens (including phenoxy) is 1. The minimum absolute atomic E-state index is 0.108. The van der Waals surface area contributed by atoms with Gasteiger partial charge in [0, 0.05) is 12.5 Å². The van der Waals surface area contributed by atoms with Gasteiger partial charge in [-0.15, -0.1) is 0 Å². The maximum absolute atomic E-state index is 9.78. The molecule has 0 bridgehead atoms. The van der Waals surface area contributed by atoms with Gasteiger partial charge < -0.3 is 14.9 Å². The van der Waals surface area contributed by atoms with Crippen LogP contribution in [0.25, 0.3) is 0 Å². The fourth-order valence-corrected chi connectivity index (χ4v) is 1.71. The van der Waals surface area contributed by atoms with E-state index in [9.17, 15) is 10.2 Å². The summed E-state index contributed by atoms with van der Waals surface area (Å²) < 4.78 is 5.26. The first kappa shape index (κ1) is 11.0. The summed E-state index contributed by atoms with van der Waals surface area (Å²) in [5.74, 6) is 0.225. The van der Waals surface area contributed by atoms with Crippen molar-refractivity contribution in [3.05, 3.63) is 0 Å². The third-order valence-corrected chi connectivity index (χ3v) is 2.71. The van der Waals surface area contributed by atoms with Gasteiger partial charge in [0.25, 0.3) is 0 Å². The summed E-state index contributed by atoms with van der Waals surface area (Å²) in [5, 5.41) is 19.4. The molecule has 3 atom stereocenters. The molecule has 78 valence electrons. The molecule has 0 saturated carbocycles. The minimum Gasteiger partial charge on any atom is -0.390 e. The van der Waals surface area contributed by atoms with Gasteiger partial charge in [0.1, 0.15) is 0 Å². The molecular formula is C10H20O3. The number of rotatable bonds is 3. The van der Waals surface area contributed by atoms with Crippen LogP contribution in [0.5, 0.6) is 0 Å². The van der Waals surface area contributed by atoms with Gasteiger partial charge >= 0.3 is 0 Å². The van der Waals surface area contributed by atoms with Gasteiger partial charge in [-0.25, -0.2) is 0 Å². The van der Waals surface area contributed by atoms with Crippen molar-refractivity contribution in [2.24, 2.45) is 11.8 Å². The van der Waals surface area contributed by atoms with Gasteiger partial charge in [-0.1, -0.05) is 13.8 Å². The van der Waals surface area contributed by atoms with Crippen molar-refractivity contribution in [1.29, 1.82) is 0 Å². The van der Waals surface area contributed by atoms with Gasteiger partial charge in [0.15, 0.2) is 0 Å². The average molecular weight is 188 g/mol. The molecule has 2 N–H and O–H groups in total. The van der Waals surface area contributed by atoms with E-state index in [1.807, 2.05) is 13.8 Å². The van der Waals surface area contributed by atoms with Crippen LogP contribution in [0.1, 0.15) is 26.7 Å². The molecular weight excluding hydrogens is 168 g/mol. The van der Waals surface area contributed by atoms with Crippen LogP contribution in [0.15, 0.2) is 0 Å². The molecule has 1 aliphatic rings. The van der Waals surface area contributed by atoms with Crippen LogP contribution in [0.4, 0.5) is 0 Å². The summed E-state index contributed by atoms with van der Waals surface area (Å²) in [4.78, 5) is 0. The summed E-state index contributed by atoms with van der Waals surface area (Å²) in [5.41, 5.74) is 0. The second-order valence-electron chi connectivity index (χ2n) is 4.20. The van der Waals surface area contributed by atoms with Crippen LogP contribution in [0.3, 0.4) is 0 Å². The SMILES string of the molecule is CC(C)C(O)C(O)C1CCCOC1. The van der Waals surface area contributed by atoms with Crippen molar-refractivity contribution in [2.75, 3.05) is 13.2 Å². The van der Waals surface area contributed by atoms with Crippen LogP contribution >= 0.6 is 0 Å². The first-order valence-corrected chi connectivity index (χ1v) is 5.06. The Balaban J connectivity index is 2.40. The van der Waals surface area contributed by atoms with Gasteiger partial charge in [-0.2, -0.15) is 0 Å². The monoisotopic (exact) mass is 188 g/mol. The highest BCUT2D eigenvalue weighted by atomic mass is 16.5. The van der Waals surface area contributed by atoms with E-state index in [-0.39, 0.29) is 11.8 Å². The van der Waals surface area contributed by atoms with E-state index in [1.54, 1.807) is 0 Å². The van der Waals surface area contributed by atoms with Crippen LogP contribution < -0.4 is 0 Å². The zero-order chi connectivity index (χ0) is 9.84. The third kappa shape index (κ3) is 2.93. The summed E-state index contributed by atoms with van der Waals surface area (Å²) in [6, 6.07) is 0.